The zero-order chi connectivity index (χ0) is 16.8. The van der Waals surface area contributed by atoms with Gasteiger partial charge in [0.05, 0.1) is 12.0 Å². The van der Waals surface area contributed by atoms with Crippen molar-refractivity contribution >= 4 is 17.6 Å². The van der Waals surface area contributed by atoms with Crippen molar-refractivity contribution in [2.75, 3.05) is 7.11 Å². The van der Waals surface area contributed by atoms with Crippen molar-refractivity contribution in [3.63, 3.8) is 0 Å². The summed E-state index contributed by atoms with van der Waals surface area (Å²) in [5, 5.41) is 13.5. The van der Waals surface area contributed by atoms with E-state index < -0.39 is 22.8 Å². The SMILES string of the molecule is COC(=O)[C@H](NC(=O)c1cccc([N+](=O)[O-])c1)C1CCCCC1. The van der Waals surface area contributed by atoms with Crippen molar-refractivity contribution < 1.29 is 19.2 Å². The van der Waals surface area contributed by atoms with Crippen LogP contribution in [0.2, 0.25) is 0 Å². The number of methoxy groups -OCH3 is 1. The van der Waals surface area contributed by atoms with Crippen LogP contribution in [0.1, 0.15) is 42.5 Å². The number of nitrogens with one attached hydrogen (secondary N) is 1. The quantitative estimate of drug-likeness (QED) is 0.510. The third-order valence-electron chi connectivity index (χ3n) is 4.18. The Morgan fingerprint density at radius 2 is 2.00 bits per heavy atom. The summed E-state index contributed by atoms with van der Waals surface area (Å²) in [6, 6.07) is 4.73. The van der Waals surface area contributed by atoms with Gasteiger partial charge in [-0.05, 0) is 24.8 Å². The van der Waals surface area contributed by atoms with E-state index in [1.807, 2.05) is 0 Å². The van der Waals surface area contributed by atoms with Crippen LogP contribution in [0.4, 0.5) is 5.69 Å². The van der Waals surface area contributed by atoms with Gasteiger partial charge < -0.3 is 10.1 Å². The first-order valence-corrected chi connectivity index (χ1v) is 7.66. The molecular formula is C16H20N2O5. The van der Waals surface area contributed by atoms with Crippen molar-refractivity contribution in [3.8, 4) is 0 Å². The average Bonchev–Trinajstić information content (AvgIpc) is 2.59. The Morgan fingerprint density at radius 3 is 2.61 bits per heavy atom. The molecule has 124 valence electrons. The minimum atomic E-state index is -0.716. The highest BCUT2D eigenvalue weighted by Crippen LogP contribution is 2.27. The molecule has 0 aromatic heterocycles. The Morgan fingerprint density at radius 1 is 1.30 bits per heavy atom. The summed E-state index contributed by atoms with van der Waals surface area (Å²) in [4.78, 5) is 34.6. The molecule has 1 aliphatic carbocycles. The third-order valence-corrected chi connectivity index (χ3v) is 4.18. The molecule has 23 heavy (non-hydrogen) atoms. The largest absolute Gasteiger partial charge is 0.467 e. The molecule has 7 nitrogen and oxygen atoms in total. The minimum absolute atomic E-state index is 0.0406. The summed E-state index contributed by atoms with van der Waals surface area (Å²) < 4.78 is 4.80. The van der Waals surface area contributed by atoms with Gasteiger partial charge in [0.1, 0.15) is 6.04 Å². The van der Waals surface area contributed by atoms with Gasteiger partial charge in [-0.2, -0.15) is 0 Å². The first-order valence-electron chi connectivity index (χ1n) is 7.66. The van der Waals surface area contributed by atoms with Crippen molar-refractivity contribution in [3.05, 3.63) is 39.9 Å². The summed E-state index contributed by atoms with van der Waals surface area (Å²) in [6.45, 7) is 0. The van der Waals surface area contributed by atoms with Crippen molar-refractivity contribution in [1.82, 2.24) is 5.32 Å². The van der Waals surface area contributed by atoms with Gasteiger partial charge in [-0.25, -0.2) is 4.79 Å². The Hall–Kier alpha value is -2.44. The molecule has 0 spiro atoms. The minimum Gasteiger partial charge on any atom is -0.467 e. The van der Waals surface area contributed by atoms with Gasteiger partial charge in [0.2, 0.25) is 0 Å². The van der Waals surface area contributed by atoms with Crippen LogP contribution in [0.15, 0.2) is 24.3 Å². The van der Waals surface area contributed by atoms with Gasteiger partial charge in [0.25, 0.3) is 11.6 Å². The van der Waals surface area contributed by atoms with Gasteiger partial charge in [-0.3, -0.25) is 14.9 Å². The van der Waals surface area contributed by atoms with Gasteiger partial charge in [0, 0.05) is 17.7 Å². The molecule has 1 saturated carbocycles. The molecule has 1 aliphatic rings. The Labute approximate surface area is 134 Å². The number of carbonyl (C=O) groups is 2. The van der Waals surface area contributed by atoms with Crippen LogP contribution >= 0.6 is 0 Å². The molecule has 0 aliphatic heterocycles. The highest BCUT2D eigenvalue weighted by atomic mass is 16.6. The lowest BCUT2D eigenvalue weighted by atomic mass is 9.83. The first-order chi connectivity index (χ1) is 11.0. The predicted molar refractivity (Wildman–Crippen MR) is 82.9 cm³/mol. The second kappa shape index (κ2) is 7.71. The number of ether oxygens (including phenoxy) is 1. The highest BCUT2D eigenvalue weighted by molar-refractivity contribution is 5.97. The van der Waals surface area contributed by atoms with E-state index in [4.69, 9.17) is 4.74 Å². The van der Waals surface area contributed by atoms with Gasteiger partial charge >= 0.3 is 5.97 Å². The molecule has 0 heterocycles. The van der Waals surface area contributed by atoms with Crippen molar-refractivity contribution in [1.29, 1.82) is 0 Å². The summed E-state index contributed by atoms with van der Waals surface area (Å²) in [6.07, 6.45) is 4.88. The maximum absolute atomic E-state index is 12.4. The van der Waals surface area contributed by atoms with E-state index in [1.54, 1.807) is 0 Å². The van der Waals surface area contributed by atoms with Crippen molar-refractivity contribution in [2.45, 2.75) is 38.1 Å². The summed E-state index contributed by atoms with van der Waals surface area (Å²) in [5.74, 6) is -0.941. The van der Waals surface area contributed by atoms with E-state index in [9.17, 15) is 19.7 Å². The average molecular weight is 320 g/mol. The number of non-ortho nitro benzene ring substituents is 1. The predicted octanol–water partition coefficient (Wildman–Crippen LogP) is 2.45. The van der Waals surface area contributed by atoms with Gasteiger partial charge in [-0.1, -0.05) is 25.3 Å². The van der Waals surface area contributed by atoms with Crippen LogP contribution in [0.25, 0.3) is 0 Å². The van der Waals surface area contributed by atoms with Crippen LogP contribution in [0, 0.1) is 16.0 Å². The van der Waals surface area contributed by atoms with Crippen LogP contribution in [-0.2, 0) is 9.53 Å². The lowest BCUT2D eigenvalue weighted by Gasteiger charge is -2.29. The molecule has 1 aromatic rings. The van der Waals surface area contributed by atoms with E-state index in [0.29, 0.717) is 0 Å². The van der Waals surface area contributed by atoms with Crippen LogP contribution in [-0.4, -0.2) is 30.0 Å². The highest BCUT2D eigenvalue weighted by Gasteiger charge is 2.32. The number of carbonyl (C=O) groups excluding carboxylic acids is 2. The standard InChI is InChI=1S/C16H20N2O5/c1-23-16(20)14(11-6-3-2-4-7-11)17-15(19)12-8-5-9-13(10-12)18(21)22/h5,8-11,14H,2-4,6-7H2,1H3,(H,17,19)/t14-/m1/s1. The van der Waals surface area contributed by atoms with Crippen LogP contribution in [0.3, 0.4) is 0 Å². The molecule has 1 aromatic carbocycles. The zero-order valence-electron chi connectivity index (χ0n) is 13.0. The summed E-state index contributed by atoms with van der Waals surface area (Å²) >= 11 is 0. The molecule has 1 amide bonds. The van der Waals surface area contributed by atoms with Gasteiger partial charge in [0.15, 0.2) is 0 Å². The fourth-order valence-corrected chi connectivity index (χ4v) is 2.95. The number of benzene rings is 1. The maximum Gasteiger partial charge on any atom is 0.328 e. The molecule has 1 fully saturated rings. The number of hydrogen-bond acceptors (Lipinski definition) is 5. The molecule has 1 atom stereocenters. The Kier molecular flexibility index (Phi) is 5.67. The molecular weight excluding hydrogens is 300 g/mol. The van der Waals surface area contributed by atoms with E-state index in [0.717, 1.165) is 32.1 Å². The fraction of sp³-hybridized carbons (Fsp3) is 0.500. The van der Waals surface area contributed by atoms with E-state index in [2.05, 4.69) is 5.32 Å². The van der Waals surface area contributed by atoms with E-state index in [1.165, 1.54) is 31.4 Å². The number of amides is 1. The second-order valence-electron chi connectivity index (χ2n) is 5.68. The fourth-order valence-electron chi connectivity index (χ4n) is 2.95. The topological polar surface area (TPSA) is 98.5 Å². The second-order valence-corrected chi connectivity index (χ2v) is 5.68. The lowest BCUT2D eigenvalue weighted by molar-refractivity contribution is -0.384. The summed E-state index contributed by atoms with van der Waals surface area (Å²) in [7, 11) is 1.29. The Bertz CT molecular complexity index is 596. The smallest absolute Gasteiger partial charge is 0.328 e. The number of nitrogens with zero attached hydrogens (tertiary/aromatic N) is 1. The Balaban J connectivity index is 2.15. The zero-order valence-corrected chi connectivity index (χ0v) is 13.0. The first kappa shape index (κ1) is 16.9. The normalized spacial score (nSPS) is 16.4. The van der Waals surface area contributed by atoms with Gasteiger partial charge in [-0.15, -0.1) is 0 Å². The third kappa shape index (κ3) is 4.28. The molecule has 0 unspecified atom stereocenters. The molecule has 2 rings (SSSR count). The molecule has 0 radical (unpaired) electrons. The number of nitro benzene ring substituents is 1. The number of rotatable bonds is 5. The van der Waals surface area contributed by atoms with Crippen molar-refractivity contribution in [2.24, 2.45) is 5.92 Å². The van der Waals surface area contributed by atoms with Crippen LogP contribution < -0.4 is 5.32 Å². The monoisotopic (exact) mass is 320 g/mol. The maximum atomic E-state index is 12.4. The lowest BCUT2D eigenvalue weighted by Crippen LogP contribution is -2.47. The molecule has 0 saturated heterocycles. The molecule has 7 heteroatoms. The van der Waals surface area contributed by atoms with Crippen LogP contribution in [0.5, 0.6) is 0 Å². The molecule has 0 bridgehead atoms. The molecule has 1 N–H and O–H groups in total. The van der Waals surface area contributed by atoms with E-state index in [-0.39, 0.29) is 17.2 Å². The van der Waals surface area contributed by atoms with E-state index >= 15 is 0 Å². The number of hydrogen-bond donors (Lipinski definition) is 1. The summed E-state index contributed by atoms with van der Waals surface area (Å²) in [5.41, 5.74) is -0.00570. The number of nitro groups is 1. The number of esters is 1.